The van der Waals surface area contributed by atoms with E-state index in [2.05, 4.69) is 47.7 Å². The molecule has 0 amide bonds. The SMILES string of the molecule is Oc1cc(-c2cn[nH]c2)ccc1-c1cnc(N2CCNC(c3ccccc3)C2)nn1. The first-order valence-electron chi connectivity index (χ1n) is 9.83. The van der Waals surface area contributed by atoms with Gasteiger partial charge in [0.25, 0.3) is 0 Å². The van der Waals surface area contributed by atoms with E-state index in [1.165, 1.54) is 5.56 Å². The number of phenols is 1. The Morgan fingerprint density at radius 1 is 1.00 bits per heavy atom. The fraction of sp³-hybridized carbons (Fsp3) is 0.182. The maximum Gasteiger partial charge on any atom is 0.245 e. The Morgan fingerprint density at radius 3 is 2.63 bits per heavy atom. The molecule has 1 unspecified atom stereocenters. The van der Waals surface area contributed by atoms with Crippen LogP contribution in [0.4, 0.5) is 5.95 Å². The third kappa shape index (κ3) is 3.60. The topological polar surface area (TPSA) is 103 Å². The van der Waals surface area contributed by atoms with Crippen molar-refractivity contribution in [3.8, 4) is 28.1 Å². The minimum atomic E-state index is 0.129. The van der Waals surface area contributed by atoms with Gasteiger partial charge in [-0.3, -0.25) is 5.10 Å². The van der Waals surface area contributed by atoms with E-state index in [1.54, 1.807) is 24.7 Å². The molecule has 2 aromatic heterocycles. The zero-order chi connectivity index (χ0) is 20.3. The zero-order valence-electron chi connectivity index (χ0n) is 16.2. The van der Waals surface area contributed by atoms with E-state index in [0.29, 0.717) is 17.2 Å². The summed E-state index contributed by atoms with van der Waals surface area (Å²) in [6.07, 6.45) is 5.15. The summed E-state index contributed by atoms with van der Waals surface area (Å²) in [7, 11) is 0. The van der Waals surface area contributed by atoms with Crippen molar-refractivity contribution in [3.63, 3.8) is 0 Å². The van der Waals surface area contributed by atoms with Crippen molar-refractivity contribution in [3.05, 3.63) is 72.7 Å². The molecule has 30 heavy (non-hydrogen) atoms. The molecule has 8 nitrogen and oxygen atoms in total. The average molecular weight is 399 g/mol. The summed E-state index contributed by atoms with van der Waals surface area (Å²) in [6.45, 7) is 2.44. The number of hydrogen-bond acceptors (Lipinski definition) is 7. The summed E-state index contributed by atoms with van der Waals surface area (Å²) in [4.78, 5) is 6.65. The number of piperazine rings is 1. The summed E-state index contributed by atoms with van der Waals surface area (Å²) < 4.78 is 0. The minimum absolute atomic E-state index is 0.129. The number of nitrogens with one attached hydrogen (secondary N) is 2. The van der Waals surface area contributed by atoms with Gasteiger partial charge in [-0.2, -0.15) is 5.10 Å². The van der Waals surface area contributed by atoms with Gasteiger partial charge in [0.05, 0.1) is 12.4 Å². The van der Waals surface area contributed by atoms with E-state index in [0.717, 1.165) is 30.8 Å². The number of benzene rings is 2. The number of H-pyrrole nitrogens is 1. The first-order chi connectivity index (χ1) is 14.8. The first-order valence-corrected chi connectivity index (χ1v) is 9.83. The molecule has 1 aliphatic rings. The van der Waals surface area contributed by atoms with Gasteiger partial charge in [0.15, 0.2) is 0 Å². The first kappa shape index (κ1) is 18.3. The summed E-state index contributed by atoms with van der Waals surface area (Å²) >= 11 is 0. The van der Waals surface area contributed by atoms with Crippen molar-refractivity contribution >= 4 is 5.95 Å². The van der Waals surface area contributed by atoms with Gasteiger partial charge in [-0.25, -0.2) is 4.98 Å². The molecule has 1 saturated heterocycles. The molecule has 3 N–H and O–H groups in total. The van der Waals surface area contributed by atoms with Gasteiger partial charge in [0.2, 0.25) is 5.95 Å². The molecule has 8 heteroatoms. The predicted molar refractivity (Wildman–Crippen MR) is 114 cm³/mol. The Morgan fingerprint density at radius 2 is 1.90 bits per heavy atom. The highest BCUT2D eigenvalue weighted by Crippen LogP contribution is 2.32. The quantitative estimate of drug-likeness (QED) is 0.485. The number of anilines is 1. The second kappa shape index (κ2) is 7.92. The van der Waals surface area contributed by atoms with Crippen LogP contribution in [0.15, 0.2) is 67.1 Å². The lowest BCUT2D eigenvalue weighted by atomic mass is 10.0. The van der Waals surface area contributed by atoms with Crippen LogP contribution in [0, 0.1) is 0 Å². The highest BCUT2D eigenvalue weighted by atomic mass is 16.3. The van der Waals surface area contributed by atoms with E-state index in [1.807, 2.05) is 30.3 Å². The number of aromatic amines is 1. The Bertz CT molecular complexity index is 1110. The number of phenolic OH excluding ortho intramolecular Hbond substituents is 1. The Labute approximate surface area is 173 Å². The van der Waals surface area contributed by atoms with Crippen molar-refractivity contribution in [2.45, 2.75) is 6.04 Å². The lowest BCUT2D eigenvalue weighted by molar-refractivity contribution is 0.465. The van der Waals surface area contributed by atoms with E-state index in [4.69, 9.17) is 0 Å². The molecule has 0 saturated carbocycles. The standard InChI is InChI=1S/C22H21N7O/c30-21-10-16(17-11-25-26-12-17)6-7-18(21)19-13-24-22(28-27-19)29-9-8-23-20(14-29)15-4-2-1-3-5-15/h1-7,10-13,20,23,30H,8-9,14H2,(H,25,26). The van der Waals surface area contributed by atoms with E-state index >= 15 is 0 Å². The van der Waals surface area contributed by atoms with Gasteiger partial charge in [0, 0.05) is 43.0 Å². The maximum atomic E-state index is 10.5. The van der Waals surface area contributed by atoms with Crippen LogP contribution < -0.4 is 10.2 Å². The van der Waals surface area contributed by atoms with Crippen LogP contribution in [0.3, 0.4) is 0 Å². The van der Waals surface area contributed by atoms with Crippen LogP contribution in [0.1, 0.15) is 11.6 Å². The molecule has 2 aromatic carbocycles. The van der Waals surface area contributed by atoms with E-state index in [9.17, 15) is 5.11 Å². The molecular weight excluding hydrogens is 378 g/mol. The molecule has 3 heterocycles. The van der Waals surface area contributed by atoms with Crippen LogP contribution in [-0.2, 0) is 0 Å². The summed E-state index contributed by atoms with van der Waals surface area (Å²) in [5.41, 5.74) is 4.15. The van der Waals surface area contributed by atoms with Gasteiger partial charge in [-0.05, 0) is 23.3 Å². The summed E-state index contributed by atoms with van der Waals surface area (Å²) in [5, 5.41) is 29.4. The summed E-state index contributed by atoms with van der Waals surface area (Å²) in [6, 6.07) is 16.0. The average Bonchev–Trinajstić information content (AvgIpc) is 3.35. The van der Waals surface area contributed by atoms with Gasteiger partial charge in [-0.15, -0.1) is 10.2 Å². The normalized spacial score (nSPS) is 16.5. The van der Waals surface area contributed by atoms with Crippen LogP contribution >= 0.6 is 0 Å². The lowest BCUT2D eigenvalue weighted by Crippen LogP contribution is -2.46. The Balaban J connectivity index is 1.34. The lowest BCUT2D eigenvalue weighted by Gasteiger charge is -2.33. The number of rotatable bonds is 4. The third-order valence-electron chi connectivity index (χ3n) is 5.31. The smallest absolute Gasteiger partial charge is 0.245 e. The van der Waals surface area contributed by atoms with E-state index < -0.39 is 0 Å². The highest BCUT2D eigenvalue weighted by molar-refractivity contribution is 5.73. The van der Waals surface area contributed by atoms with Gasteiger partial charge < -0.3 is 15.3 Å². The number of hydrogen-bond donors (Lipinski definition) is 3. The van der Waals surface area contributed by atoms with Crippen LogP contribution in [0.2, 0.25) is 0 Å². The fourth-order valence-corrected chi connectivity index (χ4v) is 3.71. The third-order valence-corrected chi connectivity index (χ3v) is 5.31. The molecule has 0 aliphatic carbocycles. The number of nitrogens with zero attached hydrogens (tertiary/aromatic N) is 5. The largest absolute Gasteiger partial charge is 0.507 e. The van der Waals surface area contributed by atoms with Crippen molar-refractivity contribution in [2.75, 3.05) is 24.5 Å². The number of aromatic nitrogens is 5. The molecule has 0 radical (unpaired) electrons. The molecule has 1 aliphatic heterocycles. The zero-order valence-corrected chi connectivity index (χ0v) is 16.2. The number of aromatic hydroxyl groups is 1. The second-order valence-electron chi connectivity index (χ2n) is 7.23. The molecule has 0 spiro atoms. The second-order valence-corrected chi connectivity index (χ2v) is 7.23. The molecule has 5 rings (SSSR count). The molecule has 150 valence electrons. The van der Waals surface area contributed by atoms with Gasteiger partial charge >= 0.3 is 0 Å². The van der Waals surface area contributed by atoms with Crippen LogP contribution in [-0.4, -0.2) is 50.1 Å². The van der Waals surface area contributed by atoms with Crippen LogP contribution in [0.5, 0.6) is 5.75 Å². The van der Waals surface area contributed by atoms with Crippen molar-refractivity contribution in [1.82, 2.24) is 30.7 Å². The molecule has 1 fully saturated rings. The molecule has 0 bridgehead atoms. The monoisotopic (exact) mass is 399 g/mol. The van der Waals surface area contributed by atoms with E-state index in [-0.39, 0.29) is 11.8 Å². The molecule has 1 atom stereocenters. The van der Waals surface area contributed by atoms with Gasteiger partial charge in [0.1, 0.15) is 11.4 Å². The fourth-order valence-electron chi connectivity index (χ4n) is 3.71. The Hall–Kier alpha value is -3.78. The van der Waals surface area contributed by atoms with Crippen LogP contribution in [0.25, 0.3) is 22.4 Å². The maximum absolute atomic E-state index is 10.5. The van der Waals surface area contributed by atoms with Crippen molar-refractivity contribution < 1.29 is 5.11 Å². The van der Waals surface area contributed by atoms with Crippen molar-refractivity contribution in [1.29, 1.82) is 0 Å². The minimum Gasteiger partial charge on any atom is -0.507 e. The van der Waals surface area contributed by atoms with Crippen molar-refractivity contribution in [2.24, 2.45) is 0 Å². The highest BCUT2D eigenvalue weighted by Gasteiger charge is 2.23. The molecular formula is C22H21N7O. The van der Waals surface area contributed by atoms with Gasteiger partial charge in [-0.1, -0.05) is 36.4 Å². The Kier molecular flexibility index (Phi) is 4.82. The predicted octanol–water partition coefficient (Wildman–Crippen LogP) is 2.79. The molecule has 4 aromatic rings. The summed E-state index contributed by atoms with van der Waals surface area (Å²) in [5.74, 6) is 0.722.